The minimum Gasteiger partial charge on any atom is -0.309 e. The number of aromatic nitrogens is 3. The Morgan fingerprint density at radius 3 is 2.92 bits per heavy atom. The van der Waals surface area contributed by atoms with Crippen molar-refractivity contribution in [2.75, 3.05) is 4.90 Å². The quantitative estimate of drug-likeness (QED) is 0.874. The fourth-order valence-electron chi connectivity index (χ4n) is 3.91. The lowest BCUT2D eigenvalue weighted by Crippen LogP contribution is -2.33. The van der Waals surface area contributed by atoms with Gasteiger partial charge in [-0.3, -0.25) is 4.79 Å². The molecule has 0 bridgehead atoms. The fourth-order valence-corrected chi connectivity index (χ4v) is 5.19. The van der Waals surface area contributed by atoms with Gasteiger partial charge < -0.3 is 4.90 Å². The van der Waals surface area contributed by atoms with Crippen LogP contribution in [0.1, 0.15) is 44.1 Å². The topological polar surface area (TPSA) is 97.2 Å². The Morgan fingerprint density at radius 1 is 1.35 bits per heavy atom. The van der Waals surface area contributed by atoms with Gasteiger partial charge in [-0.05, 0) is 49.9 Å². The highest BCUT2D eigenvalue weighted by molar-refractivity contribution is 7.89. The number of benzene rings is 1. The number of fused-ring (bicyclic) bond motifs is 2. The summed E-state index contributed by atoms with van der Waals surface area (Å²) < 4.78 is 30.3. The van der Waals surface area contributed by atoms with E-state index in [0.29, 0.717) is 18.7 Å². The number of rotatable bonds is 3. The number of aryl methyl sites for hydroxylation is 1. The Labute approximate surface area is 152 Å². The Bertz CT molecular complexity index is 969. The molecule has 138 valence electrons. The van der Waals surface area contributed by atoms with E-state index in [1.54, 1.807) is 27.8 Å². The lowest BCUT2D eigenvalue weighted by molar-refractivity contribution is -0.116. The van der Waals surface area contributed by atoms with E-state index in [1.807, 2.05) is 6.92 Å². The van der Waals surface area contributed by atoms with Crippen molar-refractivity contribution in [2.24, 2.45) is 0 Å². The van der Waals surface area contributed by atoms with Gasteiger partial charge in [0.2, 0.25) is 15.9 Å². The summed E-state index contributed by atoms with van der Waals surface area (Å²) in [6, 6.07) is 4.60. The molecule has 3 heterocycles. The first kappa shape index (κ1) is 17.2. The lowest BCUT2D eigenvalue weighted by Gasteiger charge is -2.23. The number of amides is 1. The molecule has 2 aromatic rings. The summed E-state index contributed by atoms with van der Waals surface area (Å²) in [6.45, 7) is 4.24. The van der Waals surface area contributed by atoms with Crippen LogP contribution in [-0.2, 0) is 27.8 Å². The average Bonchev–Trinajstić information content (AvgIpc) is 3.17. The maximum Gasteiger partial charge on any atom is 0.241 e. The van der Waals surface area contributed by atoms with E-state index in [9.17, 15) is 13.2 Å². The van der Waals surface area contributed by atoms with Crippen LogP contribution in [0.5, 0.6) is 0 Å². The van der Waals surface area contributed by atoms with Crippen molar-refractivity contribution in [3.63, 3.8) is 0 Å². The Balaban J connectivity index is 1.63. The standard InChI is InChI=1S/C17H21N5O3S/c1-11-8-13-9-14(5-6-16(13)22(11)12(2)23)26(24,25)20-15-4-3-7-21-17(15)18-10-19-21/h5-6,9-11,15,20H,3-4,7-8H2,1-2H3/t11-,15-/m0/s1. The molecule has 2 aliphatic rings. The molecule has 2 aliphatic heterocycles. The summed E-state index contributed by atoms with van der Waals surface area (Å²) in [5.41, 5.74) is 1.67. The monoisotopic (exact) mass is 375 g/mol. The second-order valence-electron chi connectivity index (χ2n) is 6.89. The molecule has 1 aromatic heterocycles. The van der Waals surface area contributed by atoms with Crippen molar-refractivity contribution in [3.8, 4) is 0 Å². The minimum atomic E-state index is -3.69. The molecule has 0 fully saturated rings. The van der Waals surface area contributed by atoms with Crippen LogP contribution in [0.3, 0.4) is 0 Å². The van der Waals surface area contributed by atoms with Gasteiger partial charge in [0, 0.05) is 25.2 Å². The third-order valence-corrected chi connectivity index (χ3v) is 6.50. The van der Waals surface area contributed by atoms with Crippen LogP contribution in [0.15, 0.2) is 29.4 Å². The summed E-state index contributed by atoms with van der Waals surface area (Å²) in [6.07, 6.45) is 3.64. The zero-order chi connectivity index (χ0) is 18.5. The van der Waals surface area contributed by atoms with Gasteiger partial charge in [-0.25, -0.2) is 22.8 Å². The molecule has 8 nitrogen and oxygen atoms in total. The van der Waals surface area contributed by atoms with Gasteiger partial charge in [0.25, 0.3) is 0 Å². The molecular weight excluding hydrogens is 354 g/mol. The molecule has 0 saturated heterocycles. The number of carbonyl (C=O) groups is 1. The van der Waals surface area contributed by atoms with Crippen LogP contribution in [0.2, 0.25) is 0 Å². The Morgan fingerprint density at radius 2 is 2.15 bits per heavy atom. The normalized spacial score (nSPS) is 22.2. The van der Waals surface area contributed by atoms with E-state index in [-0.39, 0.29) is 22.9 Å². The van der Waals surface area contributed by atoms with Gasteiger partial charge in [0.1, 0.15) is 12.2 Å². The summed E-state index contributed by atoms with van der Waals surface area (Å²) in [7, 11) is -3.69. The highest BCUT2D eigenvalue weighted by atomic mass is 32.2. The molecule has 0 saturated carbocycles. The number of anilines is 1. The minimum absolute atomic E-state index is 0.0327. The highest BCUT2D eigenvalue weighted by Crippen LogP contribution is 2.34. The molecule has 0 aliphatic carbocycles. The van der Waals surface area contributed by atoms with E-state index in [0.717, 1.165) is 24.2 Å². The summed E-state index contributed by atoms with van der Waals surface area (Å²) in [5, 5.41) is 4.12. The summed E-state index contributed by atoms with van der Waals surface area (Å²) in [4.78, 5) is 18.0. The van der Waals surface area contributed by atoms with Crippen molar-refractivity contribution in [2.45, 2.75) is 56.6 Å². The Kier molecular flexibility index (Phi) is 4.07. The van der Waals surface area contributed by atoms with Crippen molar-refractivity contribution in [1.29, 1.82) is 0 Å². The molecule has 0 radical (unpaired) electrons. The molecule has 2 atom stereocenters. The molecule has 0 unspecified atom stereocenters. The first-order valence-corrected chi connectivity index (χ1v) is 10.2. The number of hydrogen-bond acceptors (Lipinski definition) is 5. The predicted octanol–water partition coefficient (Wildman–Crippen LogP) is 1.39. The lowest BCUT2D eigenvalue weighted by atomic mass is 10.1. The van der Waals surface area contributed by atoms with E-state index in [2.05, 4.69) is 14.8 Å². The SMILES string of the molecule is CC(=O)N1c2ccc(S(=O)(=O)N[C@H]3CCCn4ncnc43)cc2C[C@@H]1C. The predicted molar refractivity (Wildman–Crippen MR) is 95.1 cm³/mol. The van der Waals surface area contributed by atoms with Crippen molar-refractivity contribution >= 4 is 21.6 Å². The van der Waals surface area contributed by atoms with Gasteiger partial charge >= 0.3 is 0 Å². The van der Waals surface area contributed by atoms with E-state index in [1.165, 1.54) is 13.3 Å². The van der Waals surface area contributed by atoms with Crippen LogP contribution >= 0.6 is 0 Å². The number of nitrogens with zero attached hydrogens (tertiary/aromatic N) is 4. The first-order chi connectivity index (χ1) is 12.4. The van der Waals surface area contributed by atoms with Crippen molar-refractivity contribution in [3.05, 3.63) is 35.9 Å². The van der Waals surface area contributed by atoms with Crippen LogP contribution in [0.25, 0.3) is 0 Å². The fraction of sp³-hybridized carbons (Fsp3) is 0.471. The average molecular weight is 375 g/mol. The van der Waals surface area contributed by atoms with Crippen LogP contribution in [0, 0.1) is 0 Å². The van der Waals surface area contributed by atoms with E-state index in [4.69, 9.17) is 0 Å². The number of hydrogen-bond donors (Lipinski definition) is 1. The van der Waals surface area contributed by atoms with Gasteiger partial charge in [0.05, 0.1) is 10.9 Å². The zero-order valence-electron chi connectivity index (χ0n) is 14.7. The highest BCUT2D eigenvalue weighted by Gasteiger charge is 2.32. The van der Waals surface area contributed by atoms with E-state index < -0.39 is 10.0 Å². The molecule has 1 N–H and O–H groups in total. The first-order valence-electron chi connectivity index (χ1n) is 8.69. The molecule has 4 rings (SSSR count). The molecule has 0 spiro atoms. The van der Waals surface area contributed by atoms with Gasteiger partial charge in [-0.1, -0.05) is 0 Å². The van der Waals surface area contributed by atoms with Gasteiger partial charge in [0.15, 0.2) is 0 Å². The second-order valence-corrected chi connectivity index (χ2v) is 8.60. The van der Waals surface area contributed by atoms with Crippen LogP contribution in [0.4, 0.5) is 5.69 Å². The molecule has 9 heteroatoms. The smallest absolute Gasteiger partial charge is 0.241 e. The molecular formula is C17H21N5O3S. The van der Waals surface area contributed by atoms with Crippen LogP contribution < -0.4 is 9.62 Å². The molecule has 26 heavy (non-hydrogen) atoms. The molecule has 1 aromatic carbocycles. The van der Waals surface area contributed by atoms with Gasteiger partial charge in [-0.15, -0.1) is 0 Å². The maximum atomic E-state index is 12.9. The van der Waals surface area contributed by atoms with E-state index >= 15 is 0 Å². The van der Waals surface area contributed by atoms with Crippen molar-refractivity contribution < 1.29 is 13.2 Å². The second kappa shape index (κ2) is 6.17. The third kappa shape index (κ3) is 2.80. The third-order valence-electron chi connectivity index (χ3n) is 5.03. The largest absolute Gasteiger partial charge is 0.309 e. The zero-order valence-corrected chi connectivity index (χ0v) is 15.5. The Hall–Kier alpha value is -2.26. The number of sulfonamides is 1. The van der Waals surface area contributed by atoms with Gasteiger partial charge in [-0.2, -0.15) is 5.10 Å². The number of nitrogens with one attached hydrogen (secondary N) is 1. The summed E-state index contributed by atoms with van der Waals surface area (Å²) in [5.74, 6) is 0.615. The molecule has 1 amide bonds. The van der Waals surface area contributed by atoms with Crippen molar-refractivity contribution in [1.82, 2.24) is 19.5 Å². The van der Waals surface area contributed by atoms with Crippen LogP contribution in [-0.4, -0.2) is 35.1 Å². The summed E-state index contributed by atoms with van der Waals surface area (Å²) >= 11 is 0. The number of carbonyl (C=O) groups excluding carboxylic acids is 1. The maximum absolute atomic E-state index is 12.9.